The van der Waals surface area contributed by atoms with Gasteiger partial charge in [-0.3, -0.25) is 4.79 Å². The molecule has 0 aliphatic rings. The average molecular weight is 319 g/mol. The summed E-state index contributed by atoms with van der Waals surface area (Å²) in [6, 6.07) is 6.50. The number of methoxy groups -OCH3 is 2. The Morgan fingerprint density at radius 1 is 1.00 bits per heavy atom. The monoisotopic (exact) mass is 319 g/mol. The SMILES string of the molecule is COC(=O)C(Cc1ccc(C(N)=O)cc1)=C(C(=O)OC)C(C)C. The van der Waals surface area contributed by atoms with Gasteiger partial charge < -0.3 is 15.2 Å². The number of nitrogens with two attached hydrogens (primary N) is 1. The molecule has 0 aliphatic heterocycles. The molecule has 6 nitrogen and oxygen atoms in total. The molecule has 0 aromatic heterocycles. The molecule has 0 bridgehead atoms. The Balaban J connectivity index is 3.28. The first-order chi connectivity index (χ1) is 10.8. The van der Waals surface area contributed by atoms with Gasteiger partial charge >= 0.3 is 11.9 Å². The van der Waals surface area contributed by atoms with E-state index < -0.39 is 17.8 Å². The zero-order valence-corrected chi connectivity index (χ0v) is 13.7. The maximum absolute atomic E-state index is 12.1. The second-order valence-electron chi connectivity index (χ2n) is 5.27. The van der Waals surface area contributed by atoms with Crippen LogP contribution in [0.2, 0.25) is 0 Å². The van der Waals surface area contributed by atoms with E-state index >= 15 is 0 Å². The summed E-state index contributed by atoms with van der Waals surface area (Å²) in [4.78, 5) is 35.2. The van der Waals surface area contributed by atoms with Crippen molar-refractivity contribution in [3.05, 3.63) is 46.5 Å². The topological polar surface area (TPSA) is 95.7 Å². The van der Waals surface area contributed by atoms with Crippen LogP contribution in [0.25, 0.3) is 0 Å². The minimum Gasteiger partial charge on any atom is -0.466 e. The number of esters is 2. The molecule has 0 saturated carbocycles. The van der Waals surface area contributed by atoms with Crippen molar-refractivity contribution in [1.82, 2.24) is 0 Å². The van der Waals surface area contributed by atoms with Crippen molar-refractivity contribution in [3.63, 3.8) is 0 Å². The van der Waals surface area contributed by atoms with Gasteiger partial charge in [0, 0.05) is 12.0 Å². The van der Waals surface area contributed by atoms with Crippen LogP contribution in [-0.4, -0.2) is 32.1 Å². The van der Waals surface area contributed by atoms with Gasteiger partial charge in [0.2, 0.25) is 5.91 Å². The maximum Gasteiger partial charge on any atom is 0.334 e. The molecule has 0 spiro atoms. The molecule has 124 valence electrons. The lowest BCUT2D eigenvalue weighted by Crippen LogP contribution is -2.20. The van der Waals surface area contributed by atoms with Crippen molar-refractivity contribution in [1.29, 1.82) is 0 Å². The minimum atomic E-state index is -0.585. The van der Waals surface area contributed by atoms with Crippen LogP contribution in [0.3, 0.4) is 0 Å². The van der Waals surface area contributed by atoms with E-state index in [0.29, 0.717) is 5.56 Å². The second-order valence-corrected chi connectivity index (χ2v) is 5.27. The molecule has 6 heteroatoms. The highest BCUT2D eigenvalue weighted by Gasteiger charge is 2.25. The van der Waals surface area contributed by atoms with Crippen molar-refractivity contribution in [2.45, 2.75) is 20.3 Å². The summed E-state index contributed by atoms with van der Waals surface area (Å²) in [6.07, 6.45) is 0.189. The van der Waals surface area contributed by atoms with E-state index in [1.807, 2.05) is 0 Å². The summed E-state index contributed by atoms with van der Waals surface area (Å²) in [5.41, 5.74) is 6.83. The highest BCUT2D eigenvalue weighted by molar-refractivity contribution is 6.01. The van der Waals surface area contributed by atoms with Crippen LogP contribution in [0.15, 0.2) is 35.4 Å². The molecule has 1 amide bonds. The smallest absolute Gasteiger partial charge is 0.334 e. The number of carbonyl (C=O) groups is 3. The predicted octanol–water partition coefficient (Wildman–Crippen LogP) is 1.63. The van der Waals surface area contributed by atoms with Crippen LogP contribution >= 0.6 is 0 Å². The fourth-order valence-corrected chi connectivity index (χ4v) is 2.21. The average Bonchev–Trinajstić information content (AvgIpc) is 2.53. The fraction of sp³-hybridized carbons (Fsp3) is 0.353. The summed E-state index contributed by atoms with van der Waals surface area (Å²) >= 11 is 0. The standard InChI is InChI=1S/C17H21NO5/c1-10(2)14(17(21)23-4)13(16(20)22-3)9-11-5-7-12(8-6-11)15(18)19/h5-8,10H,9H2,1-4H3,(H2,18,19). The summed E-state index contributed by atoms with van der Waals surface area (Å²) < 4.78 is 9.57. The highest BCUT2D eigenvalue weighted by atomic mass is 16.5. The predicted molar refractivity (Wildman–Crippen MR) is 84.6 cm³/mol. The van der Waals surface area contributed by atoms with Crippen molar-refractivity contribution >= 4 is 17.8 Å². The number of carbonyl (C=O) groups excluding carboxylic acids is 3. The normalized spacial score (nSPS) is 11.7. The maximum atomic E-state index is 12.1. The molecule has 1 rings (SSSR count). The van der Waals surface area contributed by atoms with Crippen LogP contribution in [0.4, 0.5) is 0 Å². The summed E-state index contributed by atoms with van der Waals surface area (Å²) in [7, 11) is 2.52. The number of benzene rings is 1. The lowest BCUT2D eigenvalue weighted by molar-refractivity contribution is -0.139. The summed E-state index contributed by atoms with van der Waals surface area (Å²) in [5, 5.41) is 0. The molecule has 0 aliphatic carbocycles. The number of hydrogen-bond donors (Lipinski definition) is 1. The molecule has 23 heavy (non-hydrogen) atoms. The third kappa shape index (κ3) is 4.67. The number of ether oxygens (including phenoxy) is 2. The molecular formula is C17H21NO5. The Bertz CT molecular complexity index is 629. The van der Waals surface area contributed by atoms with Gasteiger partial charge in [-0.05, 0) is 23.6 Å². The Kier molecular flexibility index (Phi) is 6.50. The van der Waals surface area contributed by atoms with Crippen LogP contribution in [-0.2, 0) is 25.5 Å². The molecule has 0 radical (unpaired) electrons. The van der Waals surface area contributed by atoms with E-state index in [-0.39, 0.29) is 23.5 Å². The van der Waals surface area contributed by atoms with Gasteiger partial charge in [-0.25, -0.2) is 9.59 Å². The van der Waals surface area contributed by atoms with Crippen molar-refractivity contribution in [3.8, 4) is 0 Å². The van der Waals surface area contributed by atoms with Gasteiger partial charge in [0.15, 0.2) is 0 Å². The first-order valence-electron chi connectivity index (χ1n) is 7.10. The van der Waals surface area contributed by atoms with Gasteiger partial charge in [0.05, 0.1) is 25.4 Å². The lowest BCUT2D eigenvalue weighted by atomic mass is 9.92. The Morgan fingerprint density at radius 2 is 1.52 bits per heavy atom. The molecule has 1 aromatic rings. The van der Waals surface area contributed by atoms with Crippen molar-refractivity contribution < 1.29 is 23.9 Å². The van der Waals surface area contributed by atoms with Crippen LogP contribution in [0.1, 0.15) is 29.8 Å². The zero-order valence-electron chi connectivity index (χ0n) is 13.7. The van der Waals surface area contributed by atoms with E-state index in [2.05, 4.69) is 0 Å². The molecule has 2 N–H and O–H groups in total. The van der Waals surface area contributed by atoms with E-state index in [0.717, 1.165) is 5.56 Å². The second kappa shape index (κ2) is 8.12. The quantitative estimate of drug-likeness (QED) is 0.635. The molecule has 0 fully saturated rings. The van der Waals surface area contributed by atoms with E-state index in [1.54, 1.807) is 38.1 Å². The first kappa shape index (κ1) is 18.4. The zero-order chi connectivity index (χ0) is 17.6. The van der Waals surface area contributed by atoms with Gasteiger partial charge in [-0.15, -0.1) is 0 Å². The van der Waals surface area contributed by atoms with Crippen LogP contribution < -0.4 is 5.73 Å². The van der Waals surface area contributed by atoms with Crippen LogP contribution in [0.5, 0.6) is 0 Å². The molecule has 0 atom stereocenters. The Hall–Kier alpha value is -2.63. The summed E-state index contributed by atoms with van der Waals surface area (Å²) in [5.74, 6) is -1.88. The third-order valence-electron chi connectivity index (χ3n) is 3.36. The third-order valence-corrected chi connectivity index (χ3v) is 3.36. The number of amides is 1. The van der Waals surface area contributed by atoms with E-state index in [1.165, 1.54) is 14.2 Å². The Morgan fingerprint density at radius 3 is 1.91 bits per heavy atom. The van der Waals surface area contributed by atoms with Gasteiger partial charge in [0.25, 0.3) is 0 Å². The van der Waals surface area contributed by atoms with E-state index in [9.17, 15) is 14.4 Å². The largest absolute Gasteiger partial charge is 0.466 e. The van der Waals surface area contributed by atoms with Gasteiger partial charge in [-0.1, -0.05) is 26.0 Å². The molecule has 0 heterocycles. The van der Waals surface area contributed by atoms with Crippen LogP contribution in [0, 0.1) is 5.92 Å². The minimum absolute atomic E-state index is 0.189. The highest BCUT2D eigenvalue weighted by Crippen LogP contribution is 2.22. The molecule has 0 unspecified atom stereocenters. The lowest BCUT2D eigenvalue weighted by Gasteiger charge is -2.15. The number of hydrogen-bond acceptors (Lipinski definition) is 5. The van der Waals surface area contributed by atoms with Crippen molar-refractivity contribution in [2.75, 3.05) is 14.2 Å². The van der Waals surface area contributed by atoms with E-state index in [4.69, 9.17) is 15.2 Å². The fourth-order valence-electron chi connectivity index (χ4n) is 2.21. The summed E-state index contributed by atoms with van der Waals surface area (Å²) in [6.45, 7) is 3.59. The number of primary amides is 1. The van der Waals surface area contributed by atoms with Gasteiger partial charge in [0.1, 0.15) is 0 Å². The first-order valence-corrected chi connectivity index (χ1v) is 7.10. The number of rotatable bonds is 6. The molecular weight excluding hydrogens is 298 g/mol. The van der Waals surface area contributed by atoms with Gasteiger partial charge in [-0.2, -0.15) is 0 Å². The molecule has 0 saturated heterocycles. The molecule has 1 aromatic carbocycles. The van der Waals surface area contributed by atoms with Crippen molar-refractivity contribution in [2.24, 2.45) is 11.7 Å². The Labute approximate surface area is 135 Å².